The highest BCUT2D eigenvalue weighted by Crippen LogP contribution is 2.20. The van der Waals surface area contributed by atoms with Crippen molar-refractivity contribution in [2.75, 3.05) is 12.4 Å². The fraction of sp³-hybridized carbons (Fsp3) is 0.167. The van der Waals surface area contributed by atoms with Crippen LogP contribution in [-0.4, -0.2) is 35.8 Å². The Kier molecular flexibility index (Phi) is 5.33. The van der Waals surface area contributed by atoms with Crippen molar-refractivity contribution in [1.29, 1.82) is 0 Å². The van der Waals surface area contributed by atoms with Crippen molar-refractivity contribution in [2.45, 2.75) is 18.4 Å². The lowest BCUT2D eigenvalue weighted by molar-refractivity contribution is -0.114. The third kappa shape index (κ3) is 4.39. The molecule has 3 aromatic rings. The minimum absolute atomic E-state index is 0.0599. The molecule has 9 heteroatoms. The van der Waals surface area contributed by atoms with Crippen LogP contribution in [0.1, 0.15) is 12.8 Å². The van der Waals surface area contributed by atoms with E-state index in [0.717, 1.165) is 9.87 Å². The van der Waals surface area contributed by atoms with Gasteiger partial charge in [0.2, 0.25) is 27.6 Å². The number of carbonyl (C=O) groups is 1. The molecular formula is C18H18N4O4S. The Balaban J connectivity index is 1.74. The van der Waals surface area contributed by atoms with Crippen molar-refractivity contribution < 1.29 is 17.7 Å². The second-order valence-corrected chi connectivity index (χ2v) is 7.89. The normalized spacial score (nSPS) is 11.5. The van der Waals surface area contributed by atoms with Gasteiger partial charge in [-0.1, -0.05) is 35.5 Å². The molecule has 27 heavy (non-hydrogen) atoms. The molecular weight excluding hydrogens is 368 g/mol. The molecule has 2 aromatic carbocycles. The second-order valence-electron chi connectivity index (χ2n) is 5.84. The molecule has 0 saturated heterocycles. The lowest BCUT2D eigenvalue weighted by atomic mass is 10.2. The highest BCUT2D eigenvalue weighted by Gasteiger charge is 2.23. The second kappa shape index (κ2) is 7.68. The molecule has 0 atom stereocenters. The topological polar surface area (TPSA) is 105 Å². The summed E-state index contributed by atoms with van der Waals surface area (Å²) in [5, 5.41) is 6.48. The standard InChI is InChI=1S/C18H18N4O4S/c1-13(23)19-15-8-10-16(11-9-15)27(24,25)22(2)12-17-20-18(21-26-17)14-6-4-3-5-7-14/h3-11H,12H2,1-2H3,(H,19,23). The predicted octanol–water partition coefficient (Wildman–Crippen LogP) is 2.52. The van der Waals surface area contributed by atoms with Crippen molar-refractivity contribution >= 4 is 21.6 Å². The van der Waals surface area contributed by atoms with Crippen molar-refractivity contribution in [2.24, 2.45) is 0 Å². The van der Waals surface area contributed by atoms with Gasteiger partial charge in [0.15, 0.2) is 0 Å². The van der Waals surface area contributed by atoms with E-state index in [0.29, 0.717) is 11.5 Å². The Morgan fingerprint density at radius 2 is 1.78 bits per heavy atom. The molecule has 1 amide bonds. The van der Waals surface area contributed by atoms with Crippen molar-refractivity contribution in [3.8, 4) is 11.4 Å². The number of hydrogen-bond acceptors (Lipinski definition) is 6. The maximum Gasteiger partial charge on any atom is 0.243 e. The van der Waals surface area contributed by atoms with Gasteiger partial charge in [0.25, 0.3) is 0 Å². The first kappa shape index (κ1) is 18.7. The third-order valence-corrected chi connectivity index (χ3v) is 5.56. The van der Waals surface area contributed by atoms with E-state index in [-0.39, 0.29) is 23.2 Å². The average Bonchev–Trinajstić information content (AvgIpc) is 3.11. The minimum Gasteiger partial charge on any atom is -0.338 e. The van der Waals surface area contributed by atoms with Gasteiger partial charge in [-0.25, -0.2) is 8.42 Å². The van der Waals surface area contributed by atoms with Crippen molar-refractivity contribution in [1.82, 2.24) is 14.4 Å². The zero-order chi connectivity index (χ0) is 19.4. The number of rotatable bonds is 6. The van der Waals surface area contributed by atoms with E-state index >= 15 is 0 Å². The predicted molar refractivity (Wildman–Crippen MR) is 99.1 cm³/mol. The summed E-state index contributed by atoms with van der Waals surface area (Å²) in [5.74, 6) is 0.360. The summed E-state index contributed by atoms with van der Waals surface area (Å²) in [6.07, 6.45) is 0. The zero-order valence-corrected chi connectivity index (χ0v) is 15.6. The van der Waals surface area contributed by atoms with Gasteiger partial charge in [0.05, 0.1) is 11.4 Å². The van der Waals surface area contributed by atoms with Crippen LogP contribution in [0.4, 0.5) is 5.69 Å². The van der Waals surface area contributed by atoms with Gasteiger partial charge in [0.1, 0.15) is 0 Å². The van der Waals surface area contributed by atoms with Gasteiger partial charge in [-0.05, 0) is 24.3 Å². The van der Waals surface area contributed by atoms with E-state index in [1.54, 1.807) is 0 Å². The number of nitrogens with zero attached hydrogens (tertiary/aromatic N) is 3. The molecule has 0 spiro atoms. The fourth-order valence-corrected chi connectivity index (χ4v) is 3.51. The summed E-state index contributed by atoms with van der Waals surface area (Å²) >= 11 is 0. The molecule has 0 bridgehead atoms. The molecule has 0 aliphatic heterocycles. The average molecular weight is 386 g/mol. The molecule has 0 radical (unpaired) electrons. The number of carbonyl (C=O) groups excluding carboxylic acids is 1. The summed E-state index contributed by atoms with van der Waals surface area (Å²) in [7, 11) is -2.31. The molecule has 1 N–H and O–H groups in total. The quantitative estimate of drug-likeness (QED) is 0.698. The number of hydrogen-bond donors (Lipinski definition) is 1. The van der Waals surface area contributed by atoms with Crippen LogP contribution in [0.25, 0.3) is 11.4 Å². The first-order valence-corrected chi connectivity index (χ1v) is 9.52. The SMILES string of the molecule is CC(=O)Nc1ccc(S(=O)(=O)N(C)Cc2nc(-c3ccccc3)no2)cc1. The number of sulfonamides is 1. The van der Waals surface area contributed by atoms with E-state index in [1.165, 1.54) is 38.2 Å². The molecule has 140 valence electrons. The van der Waals surface area contributed by atoms with Crippen molar-refractivity contribution in [3.05, 3.63) is 60.5 Å². The smallest absolute Gasteiger partial charge is 0.243 e. The highest BCUT2D eigenvalue weighted by molar-refractivity contribution is 7.89. The molecule has 0 saturated carbocycles. The van der Waals surface area contributed by atoms with Crippen LogP contribution in [0.2, 0.25) is 0 Å². The summed E-state index contributed by atoms with van der Waals surface area (Å²) in [6.45, 7) is 1.32. The van der Waals surface area contributed by atoms with Gasteiger partial charge in [-0.3, -0.25) is 4.79 Å². The van der Waals surface area contributed by atoms with Crippen LogP contribution in [0.5, 0.6) is 0 Å². The van der Waals surface area contributed by atoms with E-state index in [9.17, 15) is 13.2 Å². The molecule has 0 aliphatic carbocycles. The van der Waals surface area contributed by atoms with Crippen molar-refractivity contribution in [3.63, 3.8) is 0 Å². The molecule has 0 fully saturated rings. The van der Waals surface area contributed by atoms with E-state index in [2.05, 4.69) is 15.5 Å². The Hall–Kier alpha value is -3.04. The summed E-state index contributed by atoms with van der Waals surface area (Å²) in [5.41, 5.74) is 1.31. The number of benzene rings is 2. The Labute approximate surface area is 156 Å². The first-order valence-electron chi connectivity index (χ1n) is 8.08. The number of nitrogens with one attached hydrogen (secondary N) is 1. The molecule has 0 unspecified atom stereocenters. The molecule has 8 nitrogen and oxygen atoms in total. The zero-order valence-electron chi connectivity index (χ0n) is 14.8. The van der Waals surface area contributed by atoms with Crippen LogP contribution in [0.3, 0.4) is 0 Å². The summed E-state index contributed by atoms with van der Waals surface area (Å²) in [4.78, 5) is 15.4. The number of anilines is 1. The lowest BCUT2D eigenvalue weighted by Crippen LogP contribution is -2.26. The first-order chi connectivity index (χ1) is 12.9. The number of amides is 1. The minimum atomic E-state index is -3.74. The van der Waals surface area contributed by atoms with Gasteiger partial charge < -0.3 is 9.84 Å². The lowest BCUT2D eigenvalue weighted by Gasteiger charge is -2.15. The van der Waals surface area contributed by atoms with Gasteiger partial charge >= 0.3 is 0 Å². The van der Waals surface area contributed by atoms with Crippen LogP contribution < -0.4 is 5.32 Å². The molecule has 1 aromatic heterocycles. The maximum atomic E-state index is 12.7. The van der Waals surface area contributed by atoms with Crippen LogP contribution >= 0.6 is 0 Å². The Morgan fingerprint density at radius 1 is 1.11 bits per heavy atom. The largest absolute Gasteiger partial charge is 0.338 e. The van der Waals surface area contributed by atoms with Crippen LogP contribution in [0.15, 0.2) is 64.0 Å². The fourth-order valence-electron chi connectivity index (χ4n) is 2.39. The Morgan fingerprint density at radius 3 is 2.41 bits per heavy atom. The monoisotopic (exact) mass is 386 g/mol. The molecule has 3 rings (SSSR count). The van der Waals surface area contributed by atoms with E-state index in [1.807, 2.05) is 30.3 Å². The van der Waals surface area contributed by atoms with Gasteiger partial charge in [-0.15, -0.1) is 0 Å². The van der Waals surface area contributed by atoms with E-state index in [4.69, 9.17) is 4.52 Å². The number of aromatic nitrogens is 2. The highest BCUT2D eigenvalue weighted by atomic mass is 32.2. The van der Waals surface area contributed by atoms with Crippen LogP contribution in [0, 0.1) is 0 Å². The summed E-state index contributed by atoms with van der Waals surface area (Å²) < 4.78 is 31.7. The molecule has 0 aliphatic rings. The van der Waals surface area contributed by atoms with Gasteiger partial charge in [-0.2, -0.15) is 9.29 Å². The molecule has 1 heterocycles. The Bertz CT molecular complexity index is 1030. The maximum absolute atomic E-state index is 12.7. The summed E-state index contributed by atoms with van der Waals surface area (Å²) in [6, 6.07) is 15.2. The van der Waals surface area contributed by atoms with E-state index < -0.39 is 10.0 Å². The van der Waals surface area contributed by atoms with Crippen LogP contribution in [-0.2, 0) is 21.4 Å². The van der Waals surface area contributed by atoms with Gasteiger partial charge in [0, 0.05) is 25.2 Å². The third-order valence-electron chi connectivity index (χ3n) is 3.74.